The first kappa shape index (κ1) is 21.7. The minimum atomic E-state index is -0.254. The number of amides is 1. The van der Waals surface area contributed by atoms with Gasteiger partial charge in [-0.2, -0.15) is 0 Å². The summed E-state index contributed by atoms with van der Waals surface area (Å²) in [6.45, 7) is 3.71. The van der Waals surface area contributed by atoms with E-state index in [1.165, 1.54) is 0 Å². The van der Waals surface area contributed by atoms with E-state index in [1.54, 1.807) is 14.2 Å². The second-order valence-electron chi connectivity index (χ2n) is 5.03. The van der Waals surface area contributed by atoms with E-state index in [-0.39, 0.29) is 30.8 Å². The minimum absolute atomic E-state index is 0. The van der Waals surface area contributed by atoms with Crippen molar-refractivity contribution in [3.05, 3.63) is 29.3 Å². The fourth-order valence-corrected chi connectivity index (χ4v) is 1.91. The number of halogens is 1. The van der Waals surface area contributed by atoms with Gasteiger partial charge in [-0.3, -0.25) is 4.79 Å². The van der Waals surface area contributed by atoms with Crippen LogP contribution >= 0.6 is 12.4 Å². The Kier molecular flexibility index (Phi) is 11.4. The van der Waals surface area contributed by atoms with Gasteiger partial charge in [-0.05, 0) is 18.6 Å². The van der Waals surface area contributed by atoms with Gasteiger partial charge in [-0.1, -0.05) is 12.1 Å². The Morgan fingerprint density at radius 3 is 2.65 bits per heavy atom. The van der Waals surface area contributed by atoms with Crippen LogP contribution in [0.1, 0.15) is 17.5 Å². The molecular weight excluding hydrogens is 320 g/mol. The predicted octanol–water partition coefficient (Wildman–Crippen LogP) is 1.42. The van der Waals surface area contributed by atoms with Gasteiger partial charge >= 0.3 is 0 Å². The van der Waals surface area contributed by atoms with Crippen molar-refractivity contribution in [2.24, 2.45) is 5.73 Å². The van der Waals surface area contributed by atoms with Gasteiger partial charge in [0.15, 0.2) is 0 Å². The van der Waals surface area contributed by atoms with Crippen LogP contribution < -0.4 is 15.8 Å². The lowest BCUT2D eigenvalue weighted by atomic mass is 10.1. The molecule has 0 saturated heterocycles. The number of ether oxygens (including phenoxy) is 3. The first-order chi connectivity index (χ1) is 10.6. The molecule has 1 unspecified atom stereocenters. The Morgan fingerprint density at radius 2 is 2.04 bits per heavy atom. The lowest BCUT2D eigenvalue weighted by Gasteiger charge is -2.15. The predicted molar refractivity (Wildman–Crippen MR) is 92.1 cm³/mol. The smallest absolute Gasteiger partial charge is 0.222 e. The van der Waals surface area contributed by atoms with Crippen LogP contribution in [0.5, 0.6) is 5.75 Å². The molecule has 0 saturated carbocycles. The van der Waals surface area contributed by atoms with E-state index in [0.717, 1.165) is 16.9 Å². The van der Waals surface area contributed by atoms with Gasteiger partial charge in [0.25, 0.3) is 0 Å². The average Bonchev–Trinajstić information content (AvgIpc) is 2.52. The van der Waals surface area contributed by atoms with Crippen molar-refractivity contribution in [3.8, 4) is 5.75 Å². The van der Waals surface area contributed by atoms with Crippen LogP contribution in [-0.2, 0) is 20.8 Å². The van der Waals surface area contributed by atoms with Gasteiger partial charge in [0.1, 0.15) is 12.4 Å². The molecule has 0 radical (unpaired) electrons. The van der Waals surface area contributed by atoms with E-state index in [2.05, 4.69) is 5.32 Å². The van der Waals surface area contributed by atoms with Crippen molar-refractivity contribution < 1.29 is 19.0 Å². The number of nitrogens with one attached hydrogen (secondary N) is 1. The summed E-state index contributed by atoms with van der Waals surface area (Å²) in [4.78, 5) is 11.9. The Balaban J connectivity index is 0.00000484. The van der Waals surface area contributed by atoms with Crippen LogP contribution in [0.3, 0.4) is 0 Å². The summed E-state index contributed by atoms with van der Waals surface area (Å²) in [5, 5.41) is 2.86. The molecule has 7 heteroatoms. The molecule has 0 aliphatic rings. The first-order valence-electron chi connectivity index (χ1n) is 7.31. The first-order valence-corrected chi connectivity index (χ1v) is 7.31. The van der Waals surface area contributed by atoms with Gasteiger partial charge < -0.3 is 25.3 Å². The van der Waals surface area contributed by atoms with Crippen LogP contribution in [0.2, 0.25) is 0 Å². The summed E-state index contributed by atoms with van der Waals surface area (Å²) in [6.07, 6.45) is -0.00548. The van der Waals surface area contributed by atoms with Gasteiger partial charge in [0.05, 0.1) is 19.1 Å². The molecule has 1 aromatic carbocycles. The molecule has 1 atom stereocenters. The summed E-state index contributed by atoms with van der Waals surface area (Å²) in [6, 6.07) is 5.89. The van der Waals surface area contributed by atoms with Gasteiger partial charge in [-0.25, -0.2) is 0 Å². The summed E-state index contributed by atoms with van der Waals surface area (Å²) in [7, 11) is 3.18. The summed E-state index contributed by atoms with van der Waals surface area (Å²) >= 11 is 0. The van der Waals surface area contributed by atoms with Gasteiger partial charge in [0, 0.05) is 32.9 Å². The van der Waals surface area contributed by atoms with Crippen molar-refractivity contribution >= 4 is 18.3 Å². The molecule has 0 aliphatic carbocycles. The number of carbonyl (C=O) groups is 1. The van der Waals surface area contributed by atoms with Crippen LogP contribution in [0, 0.1) is 6.92 Å². The molecule has 23 heavy (non-hydrogen) atoms. The zero-order valence-electron chi connectivity index (χ0n) is 14.0. The summed E-state index contributed by atoms with van der Waals surface area (Å²) in [5.41, 5.74) is 7.54. The normalized spacial score (nSPS) is 11.5. The van der Waals surface area contributed by atoms with E-state index >= 15 is 0 Å². The minimum Gasteiger partial charge on any atom is -0.491 e. The number of nitrogens with two attached hydrogens (primary N) is 1. The fourth-order valence-electron chi connectivity index (χ4n) is 1.91. The topological polar surface area (TPSA) is 82.8 Å². The molecule has 0 spiro atoms. The van der Waals surface area contributed by atoms with Crippen molar-refractivity contribution in [2.45, 2.75) is 26.0 Å². The molecule has 1 amide bonds. The molecule has 6 nitrogen and oxygen atoms in total. The Morgan fingerprint density at radius 1 is 1.30 bits per heavy atom. The third-order valence-electron chi connectivity index (χ3n) is 3.25. The average molecular weight is 347 g/mol. The summed E-state index contributed by atoms with van der Waals surface area (Å²) in [5.74, 6) is 0.667. The number of hydrogen-bond donors (Lipinski definition) is 2. The molecule has 1 aromatic rings. The third-order valence-corrected chi connectivity index (χ3v) is 3.25. The van der Waals surface area contributed by atoms with E-state index in [0.29, 0.717) is 26.3 Å². The van der Waals surface area contributed by atoms with E-state index < -0.39 is 0 Å². The standard InChI is InChI=1S/C16H26N2O4.ClH/c1-12-4-5-13(15(8-12)22-7-6-20-2)11-18-16(19)9-14(10-17)21-3;/h4-5,8,14H,6-7,9-11,17H2,1-3H3,(H,18,19);1H. The van der Waals surface area contributed by atoms with Crippen molar-refractivity contribution in [3.63, 3.8) is 0 Å². The quantitative estimate of drug-likeness (QED) is 0.626. The largest absolute Gasteiger partial charge is 0.491 e. The highest BCUT2D eigenvalue weighted by Crippen LogP contribution is 2.20. The van der Waals surface area contributed by atoms with E-state index in [4.69, 9.17) is 19.9 Å². The molecule has 0 aliphatic heterocycles. The maximum atomic E-state index is 11.9. The van der Waals surface area contributed by atoms with Gasteiger partial charge in [0.2, 0.25) is 5.91 Å². The highest BCUT2D eigenvalue weighted by Gasteiger charge is 2.12. The third kappa shape index (κ3) is 8.18. The highest BCUT2D eigenvalue weighted by atomic mass is 35.5. The van der Waals surface area contributed by atoms with Crippen LogP contribution in [0.4, 0.5) is 0 Å². The number of methoxy groups -OCH3 is 2. The second kappa shape index (κ2) is 12.1. The monoisotopic (exact) mass is 346 g/mol. The molecule has 132 valence electrons. The molecule has 0 bridgehead atoms. The van der Waals surface area contributed by atoms with Crippen molar-refractivity contribution in [1.29, 1.82) is 0 Å². The molecule has 1 rings (SSSR count). The van der Waals surface area contributed by atoms with Crippen molar-refractivity contribution in [2.75, 3.05) is 34.0 Å². The maximum Gasteiger partial charge on any atom is 0.222 e. The Labute approximate surface area is 144 Å². The number of rotatable bonds is 10. The lowest BCUT2D eigenvalue weighted by molar-refractivity contribution is -0.123. The molecule has 0 aromatic heterocycles. The van der Waals surface area contributed by atoms with E-state index in [9.17, 15) is 4.79 Å². The van der Waals surface area contributed by atoms with Crippen LogP contribution in [0.25, 0.3) is 0 Å². The van der Waals surface area contributed by atoms with Gasteiger partial charge in [-0.15, -0.1) is 12.4 Å². The number of carbonyl (C=O) groups excluding carboxylic acids is 1. The van der Waals surface area contributed by atoms with Crippen molar-refractivity contribution in [1.82, 2.24) is 5.32 Å². The van der Waals surface area contributed by atoms with Crippen LogP contribution in [-0.4, -0.2) is 46.0 Å². The molecule has 3 N–H and O–H groups in total. The fraction of sp³-hybridized carbons (Fsp3) is 0.562. The molecular formula is C16H27ClN2O4. The summed E-state index contributed by atoms with van der Waals surface area (Å²) < 4.78 is 15.8. The number of benzene rings is 1. The SMILES string of the molecule is COCCOc1cc(C)ccc1CNC(=O)CC(CN)OC.Cl. The zero-order chi connectivity index (χ0) is 16.4. The molecule has 0 heterocycles. The number of hydrogen-bond acceptors (Lipinski definition) is 5. The highest BCUT2D eigenvalue weighted by molar-refractivity contribution is 5.85. The Bertz CT molecular complexity index is 467. The Hall–Kier alpha value is -1.34. The van der Waals surface area contributed by atoms with E-state index in [1.807, 2.05) is 25.1 Å². The maximum absolute atomic E-state index is 11.9. The van der Waals surface area contributed by atoms with Crippen LogP contribution in [0.15, 0.2) is 18.2 Å². The molecule has 0 fully saturated rings. The second-order valence-corrected chi connectivity index (χ2v) is 5.03. The zero-order valence-corrected chi connectivity index (χ0v) is 14.8. The lowest BCUT2D eigenvalue weighted by Crippen LogP contribution is -2.32. The number of aryl methyl sites for hydroxylation is 1.